The van der Waals surface area contributed by atoms with E-state index in [0.29, 0.717) is 12.1 Å². The number of benzene rings is 2. The van der Waals surface area contributed by atoms with Crippen LogP contribution in [0.5, 0.6) is 0 Å². The van der Waals surface area contributed by atoms with E-state index in [9.17, 15) is 18.0 Å². The van der Waals surface area contributed by atoms with Crippen LogP contribution in [0.2, 0.25) is 0 Å². The van der Waals surface area contributed by atoms with Gasteiger partial charge in [-0.15, -0.1) is 0 Å². The molecule has 2 atom stereocenters. The Hall–Kier alpha value is -2.93. The Morgan fingerprint density at radius 1 is 1.00 bits per heavy atom. The first-order valence-corrected chi connectivity index (χ1v) is 14.8. The molecule has 0 amide bonds. The molecule has 0 aliphatic heterocycles. The zero-order valence-electron chi connectivity index (χ0n) is 21.6. The van der Waals surface area contributed by atoms with Crippen LogP contribution < -0.4 is 0 Å². The molecule has 2 fully saturated rings. The Labute approximate surface area is 219 Å². The van der Waals surface area contributed by atoms with Gasteiger partial charge >= 0.3 is 5.97 Å². The number of carbonyl (C=O) groups is 2. The maximum absolute atomic E-state index is 14.4. The van der Waals surface area contributed by atoms with Gasteiger partial charge < -0.3 is 4.74 Å². The Bertz CT molecular complexity index is 1310. The van der Waals surface area contributed by atoms with Gasteiger partial charge in [0.15, 0.2) is 11.2 Å². The molecule has 0 aromatic heterocycles. The maximum Gasteiger partial charge on any atom is 0.326 e. The van der Waals surface area contributed by atoms with Gasteiger partial charge in [0.2, 0.25) is 0 Å². The molecular weight excluding hydrogens is 486 g/mol. The number of hydrogen-bond acceptors (Lipinski definition) is 5. The van der Waals surface area contributed by atoms with E-state index in [1.807, 2.05) is 37.3 Å². The van der Waals surface area contributed by atoms with E-state index in [4.69, 9.17) is 4.74 Å². The van der Waals surface area contributed by atoms with Crippen molar-refractivity contribution in [3.63, 3.8) is 0 Å². The van der Waals surface area contributed by atoms with Gasteiger partial charge in [0.1, 0.15) is 0 Å². The van der Waals surface area contributed by atoms with Crippen LogP contribution >= 0.6 is 0 Å². The molecule has 0 radical (unpaired) electrons. The highest BCUT2D eigenvalue weighted by Gasteiger charge is 2.70. The Morgan fingerprint density at radius 2 is 1.68 bits per heavy atom. The number of fused-ring (bicyclic) bond motifs is 1. The van der Waals surface area contributed by atoms with Gasteiger partial charge in [0, 0.05) is 12.3 Å². The molecule has 0 spiro atoms. The van der Waals surface area contributed by atoms with Gasteiger partial charge in [-0.3, -0.25) is 13.9 Å². The highest BCUT2D eigenvalue weighted by molar-refractivity contribution is 7.89. The van der Waals surface area contributed by atoms with Crippen LogP contribution in [0.25, 0.3) is 0 Å². The van der Waals surface area contributed by atoms with Crippen LogP contribution in [0, 0.1) is 24.2 Å². The predicted molar refractivity (Wildman–Crippen MR) is 141 cm³/mol. The van der Waals surface area contributed by atoms with E-state index in [1.54, 1.807) is 31.2 Å². The van der Waals surface area contributed by atoms with Crippen molar-refractivity contribution in [3.05, 3.63) is 77.0 Å². The van der Waals surface area contributed by atoms with Crippen LogP contribution in [-0.2, 0) is 30.9 Å². The van der Waals surface area contributed by atoms with Crippen molar-refractivity contribution in [3.8, 4) is 0 Å². The van der Waals surface area contributed by atoms with E-state index in [-0.39, 0.29) is 42.1 Å². The number of hydrogen-bond donors (Lipinski definition) is 0. The molecule has 2 aromatic carbocycles. The standard InChI is InChI=1S/C30H35NO5S/c1-3-36-29(33)30-25(18-19-26(30)32)27(23-12-8-5-9-13-23)28(30)31(20-22-10-6-4-7-11-22)37(34,35)24-16-14-21(2)15-17-24/h4,6-7,10-11,14-17,23,25H,3,5,8-9,12-13,18-20H2,1-2H3/t25-,30-/m0/s1. The minimum Gasteiger partial charge on any atom is -0.465 e. The van der Waals surface area contributed by atoms with E-state index in [2.05, 4.69) is 0 Å². The summed E-state index contributed by atoms with van der Waals surface area (Å²) in [5.74, 6) is -0.936. The summed E-state index contributed by atoms with van der Waals surface area (Å²) < 4.78 is 35.6. The maximum atomic E-state index is 14.4. The molecule has 7 heteroatoms. The molecule has 3 aliphatic rings. The van der Waals surface area contributed by atoms with Crippen molar-refractivity contribution in [2.24, 2.45) is 17.3 Å². The predicted octanol–water partition coefficient (Wildman–Crippen LogP) is 5.56. The number of esters is 1. The number of ketones is 1. The molecule has 196 valence electrons. The number of Topliss-reactive ketones (excluding diaryl/α,β-unsaturated/α-hetero) is 1. The zero-order valence-corrected chi connectivity index (χ0v) is 22.4. The van der Waals surface area contributed by atoms with E-state index >= 15 is 0 Å². The summed E-state index contributed by atoms with van der Waals surface area (Å²) in [4.78, 5) is 27.4. The third-order valence-corrected chi connectivity index (χ3v) is 10.1. The summed E-state index contributed by atoms with van der Waals surface area (Å²) in [5.41, 5.74) is 1.56. The first kappa shape index (κ1) is 25.7. The molecule has 0 unspecified atom stereocenters. The zero-order chi connectivity index (χ0) is 26.2. The van der Waals surface area contributed by atoms with Crippen LogP contribution in [0.15, 0.2) is 70.8 Å². The number of aryl methyl sites for hydroxylation is 1. The van der Waals surface area contributed by atoms with Gasteiger partial charge in [-0.05, 0) is 62.3 Å². The lowest BCUT2D eigenvalue weighted by molar-refractivity contribution is -0.161. The molecule has 2 aromatic rings. The number of nitrogens with zero attached hydrogens (tertiary/aromatic N) is 1. The summed E-state index contributed by atoms with van der Waals surface area (Å²) in [6.45, 7) is 3.81. The highest BCUT2D eigenvalue weighted by Crippen LogP contribution is 2.64. The molecule has 0 heterocycles. The Morgan fingerprint density at radius 3 is 2.32 bits per heavy atom. The van der Waals surface area contributed by atoms with Crippen molar-refractivity contribution in [1.29, 1.82) is 0 Å². The molecule has 2 saturated carbocycles. The molecule has 3 aliphatic carbocycles. The first-order valence-electron chi connectivity index (χ1n) is 13.4. The minimum atomic E-state index is -4.08. The summed E-state index contributed by atoms with van der Waals surface area (Å²) in [6, 6.07) is 16.1. The van der Waals surface area contributed by atoms with Crippen LogP contribution in [-0.4, -0.2) is 31.1 Å². The summed E-state index contributed by atoms with van der Waals surface area (Å²) in [6.07, 6.45) is 6.01. The number of sulfonamides is 1. The van der Waals surface area contributed by atoms with Crippen molar-refractivity contribution in [2.45, 2.75) is 70.2 Å². The fraction of sp³-hybridized carbons (Fsp3) is 0.467. The molecule has 5 rings (SSSR count). The lowest BCUT2D eigenvalue weighted by Gasteiger charge is -2.52. The number of allylic oxidation sites excluding steroid dienone is 1. The monoisotopic (exact) mass is 521 g/mol. The molecule has 6 nitrogen and oxygen atoms in total. The second-order valence-electron chi connectivity index (χ2n) is 10.5. The van der Waals surface area contributed by atoms with E-state index < -0.39 is 21.4 Å². The highest BCUT2D eigenvalue weighted by atomic mass is 32.2. The van der Waals surface area contributed by atoms with E-state index in [1.165, 1.54) is 4.31 Å². The molecule has 0 N–H and O–H groups in total. The second kappa shape index (κ2) is 10.1. The smallest absolute Gasteiger partial charge is 0.326 e. The third-order valence-electron chi connectivity index (χ3n) is 8.31. The largest absolute Gasteiger partial charge is 0.465 e. The Kier molecular flexibility index (Phi) is 7.01. The fourth-order valence-electron chi connectivity index (χ4n) is 6.59. The van der Waals surface area contributed by atoms with Crippen molar-refractivity contribution < 1.29 is 22.7 Å². The molecule has 0 saturated heterocycles. The Balaban J connectivity index is 1.74. The third kappa shape index (κ3) is 4.21. The lowest BCUT2D eigenvalue weighted by Crippen LogP contribution is -2.58. The number of rotatable bonds is 8. The van der Waals surface area contributed by atoms with E-state index in [0.717, 1.165) is 48.8 Å². The average molecular weight is 522 g/mol. The normalized spacial score (nSPS) is 23.9. The quantitative estimate of drug-likeness (QED) is 0.335. The van der Waals surface area contributed by atoms with Crippen LogP contribution in [0.3, 0.4) is 0 Å². The summed E-state index contributed by atoms with van der Waals surface area (Å²) in [7, 11) is -4.08. The average Bonchev–Trinajstić information content (AvgIpc) is 3.17. The second-order valence-corrected chi connectivity index (χ2v) is 12.4. The number of ether oxygens (including phenoxy) is 1. The van der Waals surface area contributed by atoms with Crippen LogP contribution in [0.4, 0.5) is 0 Å². The molecule has 0 bridgehead atoms. The van der Waals surface area contributed by atoms with Crippen molar-refractivity contribution >= 4 is 21.8 Å². The van der Waals surface area contributed by atoms with Crippen molar-refractivity contribution in [2.75, 3.05) is 6.61 Å². The van der Waals surface area contributed by atoms with Gasteiger partial charge in [0.25, 0.3) is 10.0 Å². The van der Waals surface area contributed by atoms with Gasteiger partial charge in [-0.25, -0.2) is 8.42 Å². The fourth-order valence-corrected chi connectivity index (χ4v) is 8.13. The number of carbonyl (C=O) groups excluding carboxylic acids is 2. The topological polar surface area (TPSA) is 80.8 Å². The summed E-state index contributed by atoms with van der Waals surface area (Å²) in [5, 5.41) is 0. The van der Waals surface area contributed by atoms with Gasteiger partial charge in [0.05, 0.1) is 23.7 Å². The van der Waals surface area contributed by atoms with Crippen molar-refractivity contribution in [1.82, 2.24) is 4.31 Å². The van der Waals surface area contributed by atoms with Crippen LogP contribution in [0.1, 0.15) is 63.0 Å². The first-order chi connectivity index (χ1) is 17.8. The minimum absolute atomic E-state index is 0.0454. The molecular formula is C30H35NO5S. The van der Waals surface area contributed by atoms with Gasteiger partial charge in [-0.2, -0.15) is 0 Å². The lowest BCUT2D eigenvalue weighted by atomic mass is 9.55. The SMILES string of the molecule is CCOC(=O)[C@]12C(=O)CC[C@H]1C(C1CCCCC1)=C2N(Cc1ccccc1)S(=O)(=O)c1ccc(C)cc1. The van der Waals surface area contributed by atoms with Gasteiger partial charge in [-0.1, -0.05) is 67.3 Å². The summed E-state index contributed by atoms with van der Waals surface area (Å²) >= 11 is 0. The molecule has 37 heavy (non-hydrogen) atoms.